The Kier molecular flexibility index (Phi) is 5.20. The number of aryl methyl sites for hydroxylation is 2. The standard InChI is InChI=1S/C16H19BrN2O2/c1-11-4-6-13(8-15(11)17)18-16(20)10-19(3)9-14-7-5-12(2)21-14/h4-8H,9-10H2,1-3H3,(H,18,20). The molecule has 21 heavy (non-hydrogen) atoms. The molecule has 0 aliphatic rings. The largest absolute Gasteiger partial charge is 0.465 e. The van der Waals surface area contributed by atoms with Crippen LogP contribution in [-0.2, 0) is 11.3 Å². The summed E-state index contributed by atoms with van der Waals surface area (Å²) >= 11 is 3.46. The van der Waals surface area contributed by atoms with Gasteiger partial charge in [0, 0.05) is 10.2 Å². The van der Waals surface area contributed by atoms with Gasteiger partial charge in [-0.1, -0.05) is 22.0 Å². The Bertz CT molecular complexity index is 637. The van der Waals surface area contributed by atoms with Crippen LogP contribution in [-0.4, -0.2) is 24.4 Å². The molecule has 1 N–H and O–H groups in total. The molecule has 0 saturated carbocycles. The van der Waals surface area contributed by atoms with E-state index >= 15 is 0 Å². The van der Waals surface area contributed by atoms with Crippen molar-refractivity contribution < 1.29 is 9.21 Å². The van der Waals surface area contributed by atoms with Gasteiger partial charge in [-0.3, -0.25) is 9.69 Å². The first kappa shape index (κ1) is 15.8. The number of nitrogens with zero attached hydrogens (tertiary/aromatic N) is 1. The molecule has 1 aromatic carbocycles. The number of benzene rings is 1. The lowest BCUT2D eigenvalue weighted by molar-refractivity contribution is -0.117. The van der Waals surface area contributed by atoms with E-state index in [1.54, 1.807) is 0 Å². The summed E-state index contributed by atoms with van der Waals surface area (Å²) in [6, 6.07) is 9.62. The van der Waals surface area contributed by atoms with Crippen molar-refractivity contribution in [1.82, 2.24) is 4.90 Å². The molecular weight excluding hydrogens is 332 g/mol. The first-order valence-electron chi connectivity index (χ1n) is 6.74. The van der Waals surface area contributed by atoms with Crippen molar-refractivity contribution in [1.29, 1.82) is 0 Å². The van der Waals surface area contributed by atoms with Crippen LogP contribution in [0.5, 0.6) is 0 Å². The highest BCUT2D eigenvalue weighted by molar-refractivity contribution is 9.10. The zero-order valence-electron chi connectivity index (χ0n) is 12.4. The van der Waals surface area contributed by atoms with Crippen LogP contribution in [0.15, 0.2) is 39.2 Å². The van der Waals surface area contributed by atoms with Crippen molar-refractivity contribution in [2.24, 2.45) is 0 Å². The lowest BCUT2D eigenvalue weighted by Crippen LogP contribution is -2.29. The molecule has 0 atom stereocenters. The van der Waals surface area contributed by atoms with E-state index in [9.17, 15) is 4.79 Å². The van der Waals surface area contributed by atoms with Crippen molar-refractivity contribution in [2.75, 3.05) is 18.9 Å². The Hall–Kier alpha value is -1.59. The molecule has 0 fully saturated rings. The molecule has 2 aromatic rings. The van der Waals surface area contributed by atoms with Gasteiger partial charge in [0.25, 0.3) is 0 Å². The number of anilines is 1. The van der Waals surface area contributed by atoms with Crippen molar-refractivity contribution >= 4 is 27.5 Å². The summed E-state index contributed by atoms with van der Waals surface area (Å²) < 4.78 is 6.49. The van der Waals surface area contributed by atoms with Crippen molar-refractivity contribution in [3.8, 4) is 0 Å². The van der Waals surface area contributed by atoms with Gasteiger partial charge >= 0.3 is 0 Å². The van der Waals surface area contributed by atoms with Crippen molar-refractivity contribution in [3.63, 3.8) is 0 Å². The summed E-state index contributed by atoms with van der Waals surface area (Å²) in [5.74, 6) is 1.70. The van der Waals surface area contributed by atoms with Gasteiger partial charge in [-0.05, 0) is 50.7 Å². The number of carbonyl (C=O) groups is 1. The number of amides is 1. The third kappa shape index (κ3) is 4.72. The predicted octanol–water partition coefficient (Wildman–Crippen LogP) is 3.73. The summed E-state index contributed by atoms with van der Waals surface area (Å²) in [5, 5.41) is 2.89. The van der Waals surface area contributed by atoms with E-state index in [4.69, 9.17) is 4.42 Å². The van der Waals surface area contributed by atoms with E-state index < -0.39 is 0 Å². The second kappa shape index (κ2) is 6.91. The van der Waals surface area contributed by atoms with Crippen LogP contribution in [0.2, 0.25) is 0 Å². The van der Waals surface area contributed by atoms with E-state index in [-0.39, 0.29) is 5.91 Å². The monoisotopic (exact) mass is 350 g/mol. The molecule has 5 heteroatoms. The second-order valence-corrected chi connectivity index (χ2v) is 6.05. The molecule has 4 nitrogen and oxygen atoms in total. The molecule has 0 unspecified atom stereocenters. The normalized spacial score (nSPS) is 10.9. The fraction of sp³-hybridized carbons (Fsp3) is 0.312. The molecular formula is C16H19BrN2O2. The first-order chi connectivity index (χ1) is 9.94. The summed E-state index contributed by atoms with van der Waals surface area (Å²) in [5.41, 5.74) is 1.93. The average Bonchev–Trinajstić information content (AvgIpc) is 2.79. The Labute approximate surface area is 133 Å². The van der Waals surface area contributed by atoms with Gasteiger partial charge in [-0.15, -0.1) is 0 Å². The maximum atomic E-state index is 12.0. The van der Waals surface area contributed by atoms with E-state index in [0.717, 1.165) is 27.2 Å². The molecule has 1 aromatic heterocycles. The Morgan fingerprint density at radius 1 is 1.29 bits per heavy atom. The smallest absolute Gasteiger partial charge is 0.238 e. The zero-order chi connectivity index (χ0) is 15.4. The number of nitrogens with one attached hydrogen (secondary N) is 1. The van der Waals surface area contributed by atoms with Gasteiger partial charge < -0.3 is 9.73 Å². The summed E-state index contributed by atoms with van der Waals surface area (Å²) in [7, 11) is 1.89. The van der Waals surface area contributed by atoms with E-state index in [1.807, 2.05) is 56.1 Å². The number of carbonyl (C=O) groups excluding carboxylic acids is 1. The SMILES string of the molecule is Cc1ccc(CN(C)CC(=O)Nc2ccc(C)c(Br)c2)o1. The number of hydrogen-bond donors (Lipinski definition) is 1. The minimum absolute atomic E-state index is 0.0449. The highest BCUT2D eigenvalue weighted by Gasteiger charge is 2.10. The van der Waals surface area contributed by atoms with Crippen LogP contribution in [0, 0.1) is 13.8 Å². The third-order valence-electron chi connectivity index (χ3n) is 3.09. The summed E-state index contributed by atoms with van der Waals surface area (Å²) in [6.45, 7) is 4.84. The average molecular weight is 351 g/mol. The minimum Gasteiger partial charge on any atom is -0.465 e. The molecule has 1 amide bonds. The van der Waals surface area contributed by atoms with Gasteiger partial charge in [-0.2, -0.15) is 0 Å². The lowest BCUT2D eigenvalue weighted by Gasteiger charge is -2.15. The van der Waals surface area contributed by atoms with Crippen LogP contribution in [0.4, 0.5) is 5.69 Å². The first-order valence-corrected chi connectivity index (χ1v) is 7.53. The van der Waals surface area contributed by atoms with Gasteiger partial charge in [0.2, 0.25) is 5.91 Å². The summed E-state index contributed by atoms with van der Waals surface area (Å²) in [6.07, 6.45) is 0. The topological polar surface area (TPSA) is 45.5 Å². The van der Waals surface area contributed by atoms with E-state index in [0.29, 0.717) is 13.1 Å². The Morgan fingerprint density at radius 3 is 2.67 bits per heavy atom. The van der Waals surface area contributed by atoms with Crippen LogP contribution < -0.4 is 5.32 Å². The predicted molar refractivity (Wildman–Crippen MR) is 87.3 cm³/mol. The Balaban J connectivity index is 1.87. The highest BCUT2D eigenvalue weighted by Crippen LogP contribution is 2.20. The minimum atomic E-state index is -0.0449. The Morgan fingerprint density at radius 2 is 2.05 bits per heavy atom. The molecule has 112 valence electrons. The van der Waals surface area contributed by atoms with Gasteiger partial charge in [0.15, 0.2) is 0 Å². The number of halogens is 1. The van der Waals surface area contributed by atoms with Crippen LogP contribution in [0.25, 0.3) is 0 Å². The second-order valence-electron chi connectivity index (χ2n) is 5.20. The zero-order valence-corrected chi connectivity index (χ0v) is 14.0. The van der Waals surface area contributed by atoms with Crippen LogP contribution >= 0.6 is 15.9 Å². The molecule has 0 saturated heterocycles. The molecule has 0 aliphatic heterocycles. The van der Waals surface area contributed by atoms with Gasteiger partial charge in [0.1, 0.15) is 11.5 Å². The maximum Gasteiger partial charge on any atom is 0.238 e. The third-order valence-corrected chi connectivity index (χ3v) is 3.95. The van der Waals surface area contributed by atoms with Crippen LogP contribution in [0.3, 0.4) is 0 Å². The number of hydrogen-bond acceptors (Lipinski definition) is 3. The number of furan rings is 1. The molecule has 0 aliphatic carbocycles. The van der Waals surface area contributed by atoms with E-state index in [1.165, 1.54) is 0 Å². The van der Waals surface area contributed by atoms with E-state index in [2.05, 4.69) is 21.2 Å². The van der Waals surface area contributed by atoms with Crippen LogP contribution in [0.1, 0.15) is 17.1 Å². The molecule has 0 radical (unpaired) electrons. The number of rotatable bonds is 5. The lowest BCUT2D eigenvalue weighted by atomic mass is 10.2. The van der Waals surface area contributed by atoms with Crippen molar-refractivity contribution in [3.05, 3.63) is 51.9 Å². The molecule has 0 bridgehead atoms. The maximum absolute atomic E-state index is 12.0. The fourth-order valence-corrected chi connectivity index (χ4v) is 2.39. The molecule has 1 heterocycles. The molecule has 0 spiro atoms. The summed E-state index contributed by atoms with van der Waals surface area (Å²) in [4.78, 5) is 13.9. The number of likely N-dealkylation sites (N-methyl/N-ethyl adjacent to an activating group) is 1. The molecule has 2 rings (SSSR count). The highest BCUT2D eigenvalue weighted by atomic mass is 79.9. The van der Waals surface area contributed by atoms with Gasteiger partial charge in [-0.25, -0.2) is 0 Å². The van der Waals surface area contributed by atoms with Crippen molar-refractivity contribution in [2.45, 2.75) is 20.4 Å². The van der Waals surface area contributed by atoms with Gasteiger partial charge in [0.05, 0.1) is 13.1 Å². The quantitative estimate of drug-likeness (QED) is 0.893. The fourth-order valence-electron chi connectivity index (χ4n) is 2.01.